The monoisotopic (exact) mass is 256 g/mol. The van der Waals surface area contributed by atoms with E-state index in [0.717, 1.165) is 19.5 Å². The van der Waals surface area contributed by atoms with Gasteiger partial charge in [0.25, 0.3) is 0 Å². The molecule has 0 radical (unpaired) electrons. The summed E-state index contributed by atoms with van der Waals surface area (Å²) in [6, 6.07) is 0.230. The Morgan fingerprint density at radius 1 is 1.50 bits per heavy atom. The van der Waals surface area contributed by atoms with E-state index in [1.54, 1.807) is 0 Å². The van der Waals surface area contributed by atoms with Gasteiger partial charge in [-0.2, -0.15) is 0 Å². The number of amides is 1. The van der Waals surface area contributed by atoms with Crippen molar-refractivity contribution in [3.8, 4) is 0 Å². The van der Waals surface area contributed by atoms with Gasteiger partial charge in [-0.25, -0.2) is 0 Å². The van der Waals surface area contributed by atoms with Gasteiger partial charge in [0.15, 0.2) is 0 Å². The average Bonchev–Trinajstić information content (AvgIpc) is 2.37. The van der Waals surface area contributed by atoms with Gasteiger partial charge in [0.2, 0.25) is 5.91 Å². The topological polar surface area (TPSA) is 52.6 Å². The van der Waals surface area contributed by atoms with Crippen molar-refractivity contribution in [2.45, 2.75) is 52.0 Å². The number of piperidine rings is 1. The molecule has 1 rings (SSSR count). The van der Waals surface area contributed by atoms with Gasteiger partial charge in [-0.3, -0.25) is 4.79 Å². The van der Waals surface area contributed by atoms with Gasteiger partial charge in [0.1, 0.15) is 0 Å². The maximum atomic E-state index is 12.2. The molecule has 1 saturated heterocycles. The van der Waals surface area contributed by atoms with Crippen LogP contribution in [-0.2, 0) is 4.79 Å². The fourth-order valence-corrected chi connectivity index (χ4v) is 2.55. The molecule has 0 saturated carbocycles. The number of carbonyl (C=O) groups excluding carboxylic acids is 1. The molecule has 2 N–H and O–H groups in total. The first-order valence-electron chi connectivity index (χ1n) is 7.26. The highest BCUT2D eigenvalue weighted by atomic mass is 16.3. The number of nitrogens with one attached hydrogen (secondary N) is 1. The largest absolute Gasteiger partial charge is 0.396 e. The molecule has 0 aliphatic carbocycles. The molecule has 4 heteroatoms. The summed E-state index contributed by atoms with van der Waals surface area (Å²) in [6.07, 6.45) is 4.80. The average molecular weight is 256 g/mol. The standard InChI is InChI=1S/C14H28N2O2/c1-12(2)16(9-4-10-17)14(18)7-6-13-5-3-8-15-11-13/h12-13,15,17H,3-11H2,1-2H3. The Morgan fingerprint density at radius 3 is 2.83 bits per heavy atom. The normalized spacial score (nSPS) is 20.1. The Morgan fingerprint density at radius 2 is 2.28 bits per heavy atom. The SMILES string of the molecule is CC(C)N(CCCO)C(=O)CCC1CCCNC1. The number of nitrogens with zero attached hydrogens (tertiary/aromatic N) is 1. The molecule has 106 valence electrons. The number of hydrogen-bond donors (Lipinski definition) is 2. The van der Waals surface area contributed by atoms with Crippen LogP contribution in [0.2, 0.25) is 0 Å². The Kier molecular flexibility index (Phi) is 7.28. The highest BCUT2D eigenvalue weighted by molar-refractivity contribution is 5.76. The van der Waals surface area contributed by atoms with E-state index in [9.17, 15) is 4.79 Å². The second kappa shape index (κ2) is 8.48. The fraction of sp³-hybridized carbons (Fsp3) is 0.929. The van der Waals surface area contributed by atoms with Crippen LogP contribution in [0.3, 0.4) is 0 Å². The fourth-order valence-electron chi connectivity index (χ4n) is 2.55. The van der Waals surface area contributed by atoms with E-state index in [0.29, 0.717) is 25.3 Å². The van der Waals surface area contributed by atoms with Crippen LogP contribution >= 0.6 is 0 Å². The summed E-state index contributed by atoms with van der Waals surface area (Å²) < 4.78 is 0. The molecule has 1 aliphatic rings. The lowest BCUT2D eigenvalue weighted by molar-refractivity contribution is -0.133. The Bertz CT molecular complexity index is 238. The number of carbonyl (C=O) groups is 1. The Hall–Kier alpha value is -0.610. The van der Waals surface area contributed by atoms with E-state index < -0.39 is 0 Å². The first-order chi connectivity index (χ1) is 8.65. The Balaban J connectivity index is 2.31. The van der Waals surface area contributed by atoms with Crippen molar-refractivity contribution in [2.24, 2.45) is 5.92 Å². The number of aliphatic hydroxyl groups is 1. The van der Waals surface area contributed by atoms with Crippen molar-refractivity contribution in [1.29, 1.82) is 0 Å². The van der Waals surface area contributed by atoms with Crippen LogP contribution in [-0.4, -0.2) is 48.2 Å². The first-order valence-corrected chi connectivity index (χ1v) is 7.26. The summed E-state index contributed by atoms with van der Waals surface area (Å²) in [5.74, 6) is 0.901. The van der Waals surface area contributed by atoms with Crippen LogP contribution in [0.5, 0.6) is 0 Å². The van der Waals surface area contributed by atoms with Crippen molar-refractivity contribution in [3.63, 3.8) is 0 Å². The second-order valence-corrected chi connectivity index (χ2v) is 5.51. The molecule has 1 atom stereocenters. The molecular formula is C14H28N2O2. The molecule has 1 aliphatic heterocycles. The van der Waals surface area contributed by atoms with E-state index >= 15 is 0 Å². The lowest BCUT2D eigenvalue weighted by Crippen LogP contribution is -2.38. The molecule has 1 fully saturated rings. The molecular weight excluding hydrogens is 228 g/mol. The molecule has 0 spiro atoms. The molecule has 18 heavy (non-hydrogen) atoms. The van der Waals surface area contributed by atoms with Crippen LogP contribution in [0.25, 0.3) is 0 Å². The van der Waals surface area contributed by atoms with Gasteiger partial charge in [-0.15, -0.1) is 0 Å². The van der Waals surface area contributed by atoms with Crippen molar-refractivity contribution in [1.82, 2.24) is 10.2 Å². The molecule has 0 aromatic rings. The summed E-state index contributed by atoms with van der Waals surface area (Å²) in [7, 11) is 0. The molecule has 1 heterocycles. The van der Waals surface area contributed by atoms with E-state index in [2.05, 4.69) is 5.32 Å². The lowest BCUT2D eigenvalue weighted by atomic mass is 9.94. The third-order valence-electron chi connectivity index (χ3n) is 3.67. The minimum Gasteiger partial charge on any atom is -0.396 e. The van der Waals surface area contributed by atoms with E-state index in [-0.39, 0.29) is 18.6 Å². The van der Waals surface area contributed by atoms with Gasteiger partial charge in [0.05, 0.1) is 0 Å². The third-order valence-corrected chi connectivity index (χ3v) is 3.67. The highest BCUT2D eigenvalue weighted by Gasteiger charge is 2.19. The van der Waals surface area contributed by atoms with E-state index in [4.69, 9.17) is 5.11 Å². The summed E-state index contributed by atoms with van der Waals surface area (Å²) in [5.41, 5.74) is 0. The third kappa shape index (κ3) is 5.36. The van der Waals surface area contributed by atoms with Crippen LogP contribution < -0.4 is 5.32 Å². The van der Waals surface area contributed by atoms with Gasteiger partial charge >= 0.3 is 0 Å². The lowest BCUT2D eigenvalue weighted by Gasteiger charge is -2.28. The van der Waals surface area contributed by atoms with Crippen LogP contribution in [0.15, 0.2) is 0 Å². The molecule has 1 unspecified atom stereocenters. The van der Waals surface area contributed by atoms with Crippen LogP contribution in [0.1, 0.15) is 46.0 Å². The zero-order chi connectivity index (χ0) is 13.4. The molecule has 0 aromatic heterocycles. The summed E-state index contributed by atoms with van der Waals surface area (Å²) in [6.45, 7) is 7.10. The van der Waals surface area contributed by atoms with Crippen molar-refractivity contribution < 1.29 is 9.90 Å². The van der Waals surface area contributed by atoms with Crippen molar-refractivity contribution >= 4 is 5.91 Å². The minimum atomic E-state index is 0.156. The van der Waals surface area contributed by atoms with Gasteiger partial charge < -0.3 is 15.3 Å². The van der Waals surface area contributed by atoms with Crippen molar-refractivity contribution in [2.75, 3.05) is 26.2 Å². The van der Waals surface area contributed by atoms with Gasteiger partial charge in [-0.05, 0) is 58.5 Å². The predicted molar refractivity (Wildman–Crippen MR) is 73.4 cm³/mol. The second-order valence-electron chi connectivity index (χ2n) is 5.51. The summed E-state index contributed by atoms with van der Waals surface area (Å²) in [4.78, 5) is 14.1. The number of aliphatic hydroxyl groups excluding tert-OH is 1. The minimum absolute atomic E-state index is 0.156. The maximum Gasteiger partial charge on any atom is 0.222 e. The van der Waals surface area contributed by atoms with Crippen LogP contribution in [0.4, 0.5) is 0 Å². The van der Waals surface area contributed by atoms with Crippen molar-refractivity contribution in [3.05, 3.63) is 0 Å². The predicted octanol–water partition coefficient (Wildman–Crippen LogP) is 1.39. The molecule has 0 bridgehead atoms. The summed E-state index contributed by atoms with van der Waals surface area (Å²) in [5, 5.41) is 12.3. The number of hydrogen-bond acceptors (Lipinski definition) is 3. The van der Waals surface area contributed by atoms with E-state index in [1.807, 2.05) is 18.7 Å². The first kappa shape index (κ1) is 15.4. The summed E-state index contributed by atoms with van der Waals surface area (Å²) >= 11 is 0. The van der Waals surface area contributed by atoms with E-state index in [1.165, 1.54) is 12.8 Å². The molecule has 0 aromatic carbocycles. The van der Waals surface area contributed by atoms with Crippen LogP contribution in [0, 0.1) is 5.92 Å². The Labute approximate surface area is 111 Å². The molecule has 4 nitrogen and oxygen atoms in total. The maximum absolute atomic E-state index is 12.2. The van der Waals surface area contributed by atoms with Gasteiger partial charge in [0, 0.05) is 25.6 Å². The number of rotatable bonds is 7. The quantitative estimate of drug-likeness (QED) is 0.723. The zero-order valence-corrected chi connectivity index (χ0v) is 11.8. The van der Waals surface area contributed by atoms with Gasteiger partial charge in [-0.1, -0.05) is 0 Å². The molecule has 1 amide bonds. The highest BCUT2D eigenvalue weighted by Crippen LogP contribution is 2.17. The zero-order valence-electron chi connectivity index (χ0n) is 11.8. The smallest absolute Gasteiger partial charge is 0.222 e.